The van der Waals surface area contributed by atoms with Gasteiger partial charge in [-0.2, -0.15) is 18.9 Å². The number of nitrogens with one attached hydrogen (secondary N) is 1. The highest BCUT2D eigenvalue weighted by molar-refractivity contribution is 7.86. The Kier molecular flexibility index (Phi) is 18.9. The van der Waals surface area contributed by atoms with E-state index in [0.717, 1.165) is 39.4 Å². The number of rotatable bonds is 21. The summed E-state index contributed by atoms with van der Waals surface area (Å²) in [5.74, 6) is 0.742. The number of nitrogens with zero attached hydrogens (tertiary/aromatic N) is 3. The maximum atomic E-state index is 12.1. The molecule has 1 aromatic heterocycles. The monoisotopic (exact) mass is 776 g/mol. The molecule has 0 unspecified atom stereocenters. The second-order valence-electron chi connectivity index (χ2n) is 11.9. The molecule has 0 radical (unpaired) electrons. The van der Waals surface area contributed by atoms with Gasteiger partial charge in [0.1, 0.15) is 18.4 Å². The summed E-state index contributed by atoms with van der Waals surface area (Å²) in [5.41, 5.74) is 6.98. The maximum absolute atomic E-state index is 12.1. The minimum atomic E-state index is -3.79. The van der Waals surface area contributed by atoms with Gasteiger partial charge >= 0.3 is 6.09 Å². The van der Waals surface area contributed by atoms with Crippen molar-refractivity contribution in [3.05, 3.63) is 106 Å². The molecule has 55 heavy (non-hydrogen) atoms. The highest BCUT2D eigenvalue weighted by Gasteiger charge is 2.19. The van der Waals surface area contributed by atoms with Crippen molar-refractivity contribution in [3.8, 4) is 29.0 Å². The van der Waals surface area contributed by atoms with Gasteiger partial charge in [0.25, 0.3) is 10.1 Å². The van der Waals surface area contributed by atoms with E-state index in [2.05, 4.69) is 16.7 Å². The summed E-state index contributed by atoms with van der Waals surface area (Å²) in [4.78, 5) is 9.38. The molecule has 0 spiro atoms. The first kappa shape index (κ1) is 44.1. The van der Waals surface area contributed by atoms with Crippen LogP contribution >= 0.6 is 0 Å². The molecule has 2 N–H and O–H groups in total. The summed E-state index contributed by atoms with van der Waals surface area (Å²) in [6, 6.07) is 26.2. The van der Waals surface area contributed by atoms with Crippen molar-refractivity contribution in [2.45, 2.75) is 32.2 Å². The van der Waals surface area contributed by atoms with E-state index in [0.29, 0.717) is 70.5 Å². The second-order valence-corrected chi connectivity index (χ2v) is 13.5. The summed E-state index contributed by atoms with van der Waals surface area (Å²) in [6.07, 6.45) is -0.995. The molecule has 15 heteroatoms. The van der Waals surface area contributed by atoms with E-state index in [1.54, 1.807) is 24.3 Å². The Morgan fingerprint density at radius 2 is 1.22 bits per heavy atom. The Hall–Kier alpha value is -5.26. The van der Waals surface area contributed by atoms with Crippen molar-refractivity contribution >= 4 is 16.2 Å². The Morgan fingerprint density at radius 1 is 0.709 bits per heavy atom. The topological polar surface area (TPSA) is 191 Å². The van der Waals surface area contributed by atoms with Gasteiger partial charge in [0, 0.05) is 30.5 Å². The minimum Gasteiger partial charge on any atom is -0.491 e. The average molecular weight is 777 g/mol. The van der Waals surface area contributed by atoms with Crippen LogP contribution in [0.15, 0.2) is 77.7 Å². The van der Waals surface area contributed by atoms with Gasteiger partial charge < -0.3 is 38.7 Å². The molecule has 1 amide bonds. The molecule has 4 aromatic rings. The predicted octanol–water partition coefficient (Wildman–Crippen LogP) is 5.61. The Morgan fingerprint density at radius 3 is 1.71 bits per heavy atom. The van der Waals surface area contributed by atoms with Gasteiger partial charge in [0.05, 0.1) is 81.6 Å². The largest absolute Gasteiger partial charge is 0.491 e. The zero-order chi connectivity index (χ0) is 40.1. The number of hydrogen-bond donors (Lipinski definition) is 2. The van der Waals surface area contributed by atoms with Crippen molar-refractivity contribution in [2.24, 2.45) is 0 Å². The first-order valence-corrected chi connectivity index (χ1v) is 18.9. The SMILES string of the molecule is CNC(=O)O.Cc1ccc(S(=O)(=O)OCCOCCOCCOCCOCCOc2ccc(Cn3c(C)c(C#N)c(-c4ccc(C#N)cc4)c3C)cc2)cc1. The molecule has 0 bridgehead atoms. The Bertz CT molecular complexity index is 1970. The first-order chi connectivity index (χ1) is 26.5. The molecule has 1 heterocycles. The van der Waals surface area contributed by atoms with Crippen LogP contribution < -0.4 is 10.1 Å². The van der Waals surface area contributed by atoms with E-state index in [9.17, 15) is 18.5 Å². The lowest BCUT2D eigenvalue weighted by Crippen LogP contribution is -2.15. The molecule has 0 aliphatic carbocycles. The van der Waals surface area contributed by atoms with Gasteiger partial charge in [-0.1, -0.05) is 42.0 Å². The summed E-state index contributed by atoms with van der Waals surface area (Å²) >= 11 is 0. The summed E-state index contributed by atoms with van der Waals surface area (Å²) in [7, 11) is -2.44. The van der Waals surface area contributed by atoms with E-state index < -0.39 is 16.2 Å². The quantitative estimate of drug-likeness (QED) is 0.0787. The molecule has 0 atom stereocenters. The zero-order valence-electron chi connectivity index (χ0n) is 31.6. The number of carbonyl (C=O) groups is 1. The molecular formula is C40H48N4O10S. The highest BCUT2D eigenvalue weighted by Crippen LogP contribution is 2.33. The molecule has 294 valence electrons. The van der Waals surface area contributed by atoms with Crippen LogP contribution in [0.5, 0.6) is 5.75 Å². The van der Waals surface area contributed by atoms with Crippen LogP contribution in [0.2, 0.25) is 0 Å². The maximum Gasteiger partial charge on any atom is 0.404 e. The number of nitriles is 2. The van der Waals surface area contributed by atoms with Gasteiger partial charge in [0.15, 0.2) is 0 Å². The fourth-order valence-corrected chi connectivity index (χ4v) is 6.04. The summed E-state index contributed by atoms with van der Waals surface area (Å²) in [6.45, 7) is 9.73. The summed E-state index contributed by atoms with van der Waals surface area (Å²) in [5, 5.41) is 28.6. The predicted molar refractivity (Wildman–Crippen MR) is 204 cm³/mol. The lowest BCUT2D eigenvalue weighted by Gasteiger charge is -2.12. The van der Waals surface area contributed by atoms with Crippen LogP contribution in [0.3, 0.4) is 0 Å². The Labute approximate surface area is 322 Å². The molecule has 3 aromatic carbocycles. The van der Waals surface area contributed by atoms with Crippen LogP contribution in [-0.4, -0.2) is 97.3 Å². The van der Waals surface area contributed by atoms with E-state index in [4.69, 9.17) is 38.2 Å². The van der Waals surface area contributed by atoms with Gasteiger partial charge in [-0.25, -0.2) is 4.79 Å². The van der Waals surface area contributed by atoms with Crippen LogP contribution in [0.25, 0.3) is 11.1 Å². The molecule has 0 aliphatic rings. The number of aromatic nitrogens is 1. The fourth-order valence-electron chi connectivity index (χ4n) is 5.15. The van der Waals surface area contributed by atoms with Crippen molar-refractivity contribution in [1.29, 1.82) is 10.5 Å². The van der Waals surface area contributed by atoms with Crippen molar-refractivity contribution in [2.75, 3.05) is 73.1 Å². The third-order valence-electron chi connectivity index (χ3n) is 8.06. The molecule has 0 saturated carbocycles. The lowest BCUT2D eigenvalue weighted by atomic mass is 10.0. The standard InChI is InChI=1S/C38H43N3O8S.C2H5NO2/c1-29-4-14-36(15-5-29)50(42,43)49-25-23-47-21-19-45-17-16-44-18-20-46-22-24-48-35-12-8-33(9-13-35)28-41-30(2)37(27-40)38(31(41)3)34-10-6-32(26-39)7-11-34;1-3-2(4)5/h4-15H,16-25,28H2,1-3H3;3H,1H3,(H,4,5). The normalized spacial score (nSPS) is 10.9. The van der Waals surface area contributed by atoms with Crippen molar-refractivity contribution in [3.63, 3.8) is 0 Å². The zero-order valence-corrected chi connectivity index (χ0v) is 32.4. The second kappa shape index (κ2) is 23.5. The van der Waals surface area contributed by atoms with Gasteiger partial charge in [-0.15, -0.1) is 0 Å². The van der Waals surface area contributed by atoms with Crippen LogP contribution in [0.1, 0.15) is 33.6 Å². The lowest BCUT2D eigenvalue weighted by molar-refractivity contribution is -0.00682. The smallest absolute Gasteiger partial charge is 0.404 e. The third kappa shape index (κ3) is 14.8. The van der Waals surface area contributed by atoms with Gasteiger partial charge in [-0.3, -0.25) is 4.18 Å². The van der Waals surface area contributed by atoms with E-state index in [1.807, 2.05) is 62.5 Å². The first-order valence-electron chi connectivity index (χ1n) is 17.5. The van der Waals surface area contributed by atoms with Crippen LogP contribution in [0.4, 0.5) is 4.79 Å². The average Bonchev–Trinajstić information content (AvgIpc) is 3.42. The van der Waals surface area contributed by atoms with E-state index >= 15 is 0 Å². The van der Waals surface area contributed by atoms with Crippen LogP contribution in [-0.2, 0) is 39.8 Å². The number of aryl methyl sites for hydroxylation is 1. The molecule has 4 rings (SSSR count). The molecule has 14 nitrogen and oxygen atoms in total. The van der Waals surface area contributed by atoms with Crippen LogP contribution in [0, 0.1) is 43.4 Å². The summed E-state index contributed by atoms with van der Waals surface area (Å²) < 4.78 is 59.1. The molecule has 0 fully saturated rings. The van der Waals surface area contributed by atoms with Crippen molar-refractivity contribution < 1.29 is 46.2 Å². The van der Waals surface area contributed by atoms with Crippen molar-refractivity contribution in [1.82, 2.24) is 9.88 Å². The number of hydrogen-bond acceptors (Lipinski definition) is 11. The highest BCUT2D eigenvalue weighted by atomic mass is 32.2. The molecule has 0 aliphatic heterocycles. The minimum absolute atomic E-state index is 0.0685. The Balaban J connectivity index is 0.00000152. The fraction of sp³-hybridized carbons (Fsp3) is 0.375. The third-order valence-corrected chi connectivity index (χ3v) is 9.39. The number of ether oxygens (including phenoxy) is 5. The number of benzene rings is 3. The van der Waals surface area contributed by atoms with Gasteiger partial charge in [-0.05, 0) is 68.3 Å². The number of amides is 1. The molecule has 0 saturated heterocycles. The number of carboxylic acid groups (broad SMARTS) is 1. The van der Waals surface area contributed by atoms with E-state index in [-0.39, 0.29) is 18.1 Å². The molecular weight excluding hydrogens is 729 g/mol. The van der Waals surface area contributed by atoms with E-state index in [1.165, 1.54) is 19.2 Å². The van der Waals surface area contributed by atoms with Gasteiger partial charge in [0.2, 0.25) is 0 Å².